The molecule has 4 atom stereocenters. The van der Waals surface area contributed by atoms with Crippen molar-refractivity contribution in [2.75, 3.05) is 13.1 Å². The second kappa shape index (κ2) is 5.26. The minimum atomic E-state index is -0.866. The number of amides is 1. The molecule has 1 saturated carbocycles. The van der Waals surface area contributed by atoms with E-state index in [2.05, 4.69) is 0 Å². The summed E-state index contributed by atoms with van der Waals surface area (Å²) in [6.07, 6.45) is 2.31. The third-order valence-corrected chi connectivity index (χ3v) is 4.14. The Kier molecular flexibility index (Phi) is 3.90. The predicted molar refractivity (Wildman–Crippen MR) is 64.8 cm³/mol. The number of carboxylic acid groups (broad SMARTS) is 1. The van der Waals surface area contributed by atoms with Crippen molar-refractivity contribution >= 4 is 11.9 Å². The Hall–Kier alpha value is -1.10. The Bertz CT molecular complexity index is 344. The monoisotopic (exact) mass is 255 g/mol. The topological polar surface area (TPSA) is 77.8 Å². The van der Waals surface area contributed by atoms with Crippen molar-refractivity contribution in [3.05, 3.63) is 0 Å². The Labute approximate surface area is 107 Å². The lowest BCUT2D eigenvalue weighted by Gasteiger charge is -2.32. The third-order valence-electron chi connectivity index (χ3n) is 4.14. The molecule has 0 radical (unpaired) electrons. The summed E-state index contributed by atoms with van der Waals surface area (Å²) in [6.45, 7) is 3.00. The van der Waals surface area contributed by atoms with Gasteiger partial charge in [-0.25, -0.2) is 0 Å². The molecule has 1 heterocycles. The van der Waals surface area contributed by atoms with Gasteiger partial charge in [-0.2, -0.15) is 0 Å². The van der Waals surface area contributed by atoms with E-state index < -0.39 is 23.9 Å². The minimum absolute atomic E-state index is 0.0782. The van der Waals surface area contributed by atoms with Gasteiger partial charge in [0, 0.05) is 13.1 Å². The Morgan fingerprint density at radius 3 is 2.50 bits per heavy atom. The fourth-order valence-electron chi connectivity index (χ4n) is 3.23. The van der Waals surface area contributed by atoms with Gasteiger partial charge in [0.1, 0.15) is 0 Å². The van der Waals surface area contributed by atoms with Crippen LogP contribution in [0, 0.1) is 17.8 Å². The summed E-state index contributed by atoms with van der Waals surface area (Å²) >= 11 is 0. The minimum Gasteiger partial charge on any atom is -0.481 e. The Morgan fingerprint density at radius 2 is 1.89 bits per heavy atom. The zero-order valence-corrected chi connectivity index (χ0v) is 10.7. The first kappa shape index (κ1) is 13.3. The van der Waals surface area contributed by atoms with Gasteiger partial charge in [-0.15, -0.1) is 0 Å². The molecule has 2 fully saturated rings. The molecular weight excluding hydrogens is 234 g/mol. The molecule has 0 aromatic carbocycles. The maximum Gasteiger partial charge on any atom is 0.307 e. The molecule has 0 aromatic rings. The van der Waals surface area contributed by atoms with E-state index in [-0.39, 0.29) is 11.8 Å². The third kappa shape index (κ3) is 2.66. The molecule has 5 nitrogen and oxygen atoms in total. The number of piperidine rings is 1. The van der Waals surface area contributed by atoms with Crippen molar-refractivity contribution in [2.45, 2.75) is 38.7 Å². The summed E-state index contributed by atoms with van der Waals surface area (Å²) in [4.78, 5) is 25.2. The van der Waals surface area contributed by atoms with Crippen LogP contribution in [0.25, 0.3) is 0 Å². The second-order valence-electron chi connectivity index (χ2n) is 5.71. The highest BCUT2D eigenvalue weighted by Gasteiger charge is 2.43. The molecule has 2 rings (SSSR count). The maximum absolute atomic E-state index is 12.4. The molecule has 18 heavy (non-hydrogen) atoms. The van der Waals surface area contributed by atoms with Crippen LogP contribution in [0.1, 0.15) is 32.6 Å². The number of aliphatic carboxylic acids is 1. The zero-order valence-electron chi connectivity index (χ0n) is 10.7. The summed E-state index contributed by atoms with van der Waals surface area (Å²) in [6, 6.07) is 0. The van der Waals surface area contributed by atoms with E-state index in [9.17, 15) is 19.8 Å². The smallest absolute Gasteiger partial charge is 0.307 e. The highest BCUT2D eigenvalue weighted by atomic mass is 16.4. The number of β-amino-alcohol motifs (C(OH)–C–C–N with tert-alkyl or cyclic N) is 1. The fourth-order valence-corrected chi connectivity index (χ4v) is 3.23. The normalized spacial score (nSPS) is 36.7. The van der Waals surface area contributed by atoms with E-state index >= 15 is 0 Å². The van der Waals surface area contributed by atoms with Crippen LogP contribution in [0.3, 0.4) is 0 Å². The summed E-state index contributed by atoms with van der Waals surface area (Å²) in [7, 11) is 0. The molecule has 5 heteroatoms. The van der Waals surface area contributed by atoms with Crippen molar-refractivity contribution in [3.8, 4) is 0 Å². The number of aliphatic hydroxyl groups excluding tert-OH is 1. The summed E-state index contributed by atoms with van der Waals surface area (Å²) in [5.74, 6) is -1.61. The van der Waals surface area contributed by atoms with Crippen LogP contribution in [0.15, 0.2) is 0 Å². The number of carboxylic acids is 1. The van der Waals surface area contributed by atoms with E-state index in [1.165, 1.54) is 0 Å². The van der Waals surface area contributed by atoms with Crippen LogP contribution >= 0.6 is 0 Å². The van der Waals surface area contributed by atoms with Crippen molar-refractivity contribution in [1.82, 2.24) is 4.90 Å². The van der Waals surface area contributed by atoms with Crippen molar-refractivity contribution in [2.24, 2.45) is 17.8 Å². The van der Waals surface area contributed by atoms with Gasteiger partial charge in [-0.05, 0) is 31.6 Å². The lowest BCUT2D eigenvalue weighted by Crippen LogP contribution is -2.46. The van der Waals surface area contributed by atoms with Gasteiger partial charge in [0.05, 0.1) is 17.9 Å². The average molecular weight is 255 g/mol. The molecule has 1 aliphatic heterocycles. The molecule has 1 aliphatic carbocycles. The molecule has 0 bridgehead atoms. The highest BCUT2D eigenvalue weighted by Crippen LogP contribution is 2.37. The first-order valence-electron chi connectivity index (χ1n) is 6.68. The summed E-state index contributed by atoms with van der Waals surface area (Å²) in [5.41, 5.74) is 0. The number of aliphatic hydroxyl groups is 1. The van der Waals surface area contributed by atoms with Gasteiger partial charge in [0.25, 0.3) is 0 Å². The maximum atomic E-state index is 12.4. The standard InChI is InChI=1S/C13H21NO4/c1-8-5-10(11(6-8)13(17)18)12(16)14-4-2-3-9(15)7-14/h8-11,15H,2-7H2,1H3,(H,17,18). The van der Waals surface area contributed by atoms with Gasteiger partial charge in [-0.1, -0.05) is 6.92 Å². The van der Waals surface area contributed by atoms with Gasteiger partial charge in [-0.3, -0.25) is 9.59 Å². The first-order valence-corrected chi connectivity index (χ1v) is 6.68. The molecule has 2 aliphatic rings. The largest absolute Gasteiger partial charge is 0.481 e. The highest BCUT2D eigenvalue weighted by molar-refractivity contribution is 5.85. The molecule has 2 N–H and O–H groups in total. The zero-order chi connectivity index (χ0) is 13.3. The second-order valence-corrected chi connectivity index (χ2v) is 5.71. The fraction of sp³-hybridized carbons (Fsp3) is 0.846. The van der Waals surface area contributed by atoms with Crippen LogP contribution in [0.5, 0.6) is 0 Å². The van der Waals surface area contributed by atoms with Gasteiger partial charge < -0.3 is 15.1 Å². The number of hydrogen-bond donors (Lipinski definition) is 2. The van der Waals surface area contributed by atoms with Gasteiger partial charge in [0.2, 0.25) is 5.91 Å². The number of hydrogen-bond acceptors (Lipinski definition) is 3. The number of rotatable bonds is 2. The van der Waals surface area contributed by atoms with Crippen LogP contribution in [0.4, 0.5) is 0 Å². The van der Waals surface area contributed by atoms with Gasteiger partial charge in [0.15, 0.2) is 0 Å². The van der Waals surface area contributed by atoms with Gasteiger partial charge >= 0.3 is 5.97 Å². The molecule has 102 valence electrons. The lowest BCUT2D eigenvalue weighted by molar-refractivity contribution is -0.150. The molecule has 1 amide bonds. The van der Waals surface area contributed by atoms with E-state index in [1.54, 1.807) is 4.90 Å². The van der Waals surface area contributed by atoms with E-state index in [0.29, 0.717) is 25.9 Å². The molecule has 0 spiro atoms. The van der Waals surface area contributed by atoms with Crippen molar-refractivity contribution in [1.29, 1.82) is 0 Å². The van der Waals surface area contributed by atoms with Crippen molar-refractivity contribution < 1.29 is 19.8 Å². The summed E-state index contributed by atoms with van der Waals surface area (Å²) in [5, 5.41) is 18.8. The van der Waals surface area contributed by atoms with E-state index in [0.717, 1.165) is 12.8 Å². The van der Waals surface area contributed by atoms with Crippen LogP contribution in [-0.4, -0.2) is 46.2 Å². The quantitative estimate of drug-likeness (QED) is 0.762. The number of carbonyl (C=O) groups is 2. The molecule has 4 unspecified atom stereocenters. The molecule has 0 aromatic heterocycles. The van der Waals surface area contributed by atoms with Crippen molar-refractivity contribution in [3.63, 3.8) is 0 Å². The number of nitrogens with zero attached hydrogens (tertiary/aromatic N) is 1. The summed E-state index contributed by atoms with van der Waals surface area (Å²) < 4.78 is 0. The SMILES string of the molecule is CC1CC(C(=O)O)C(C(=O)N2CCCC(O)C2)C1. The lowest BCUT2D eigenvalue weighted by atomic mass is 9.93. The van der Waals surface area contributed by atoms with E-state index in [4.69, 9.17) is 0 Å². The number of carbonyl (C=O) groups excluding carboxylic acids is 1. The molecule has 1 saturated heterocycles. The van der Waals surface area contributed by atoms with E-state index in [1.807, 2.05) is 6.92 Å². The number of likely N-dealkylation sites (tertiary alicyclic amines) is 1. The van der Waals surface area contributed by atoms with Crippen LogP contribution in [0.2, 0.25) is 0 Å². The van der Waals surface area contributed by atoms with Crippen LogP contribution < -0.4 is 0 Å². The predicted octanol–water partition coefficient (Wildman–Crippen LogP) is 0.717. The Morgan fingerprint density at radius 1 is 1.22 bits per heavy atom. The average Bonchev–Trinajstić information content (AvgIpc) is 2.70. The van der Waals surface area contributed by atoms with Crippen LogP contribution in [-0.2, 0) is 9.59 Å². The Balaban J connectivity index is 2.05. The molecular formula is C13H21NO4. The first-order chi connectivity index (χ1) is 8.49.